The molecule has 1 rings (SSSR count). The highest BCUT2D eigenvalue weighted by atomic mass is 35.5. The fourth-order valence-electron chi connectivity index (χ4n) is 1.47. The van der Waals surface area contributed by atoms with Crippen molar-refractivity contribution in [2.75, 3.05) is 33.0 Å². The van der Waals surface area contributed by atoms with Crippen molar-refractivity contribution in [1.82, 2.24) is 4.90 Å². The fraction of sp³-hybridized carbons (Fsp3) is 0.500. The number of aryl methyl sites for hydroxylation is 1. The third-order valence-corrected chi connectivity index (χ3v) is 2.90. The molecule has 0 heterocycles. The van der Waals surface area contributed by atoms with Crippen molar-refractivity contribution in [3.63, 3.8) is 0 Å². The van der Waals surface area contributed by atoms with Crippen LogP contribution in [0.3, 0.4) is 0 Å². The van der Waals surface area contributed by atoms with Crippen LogP contribution >= 0.6 is 11.6 Å². The number of ether oxygens (including phenoxy) is 1. The van der Waals surface area contributed by atoms with Gasteiger partial charge in [-0.05, 0) is 37.2 Å². The zero-order valence-corrected chi connectivity index (χ0v) is 10.8. The molecule has 0 aromatic heterocycles. The molecule has 0 aliphatic carbocycles. The molecule has 0 fully saturated rings. The monoisotopic (exact) mass is 242 g/mol. The largest absolute Gasteiger partial charge is 0.399 e. The number of methoxy groups -OCH3 is 1. The first-order valence-electron chi connectivity index (χ1n) is 5.26. The lowest BCUT2D eigenvalue weighted by atomic mass is 10.1. The Morgan fingerprint density at radius 2 is 2.12 bits per heavy atom. The van der Waals surface area contributed by atoms with Gasteiger partial charge in [-0.25, -0.2) is 0 Å². The minimum absolute atomic E-state index is 0.718. The lowest BCUT2D eigenvalue weighted by Gasteiger charge is -2.17. The predicted octanol–water partition coefficient (Wildman–Crippen LogP) is 2.31. The van der Waals surface area contributed by atoms with Crippen LogP contribution in [0.25, 0.3) is 0 Å². The molecular formula is C12H19ClN2O. The first kappa shape index (κ1) is 13.3. The average molecular weight is 243 g/mol. The summed E-state index contributed by atoms with van der Waals surface area (Å²) in [7, 11) is 3.73. The molecule has 16 heavy (non-hydrogen) atoms. The van der Waals surface area contributed by atoms with Gasteiger partial charge in [0.25, 0.3) is 0 Å². The van der Waals surface area contributed by atoms with Crippen molar-refractivity contribution in [3.05, 3.63) is 28.3 Å². The van der Waals surface area contributed by atoms with Gasteiger partial charge in [0.05, 0.1) is 6.61 Å². The van der Waals surface area contributed by atoms with Gasteiger partial charge in [0, 0.05) is 30.9 Å². The second kappa shape index (κ2) is 6.09. The van der Waals surface area contributed by atoms with Crippen LogP contribution in [0, 0.1) is 6.92 Å². The average Bonchev–Trinajstić information content (AvgIpc) is 2.23. The van der Waals surface area contributed by atoms with Crippen LogP contribution in [0.5, 0.6) is 0 Å². The Kier molecular flexibility index (Phi) is 5.06. The van der Waals surface area contributed by atoms with Crippen molar-refractivity contribution < 1.29 is 4.74 Å². The van der Waals surface area contributed by atoms with Gasteiger partial charge >= 0.3 is 0 Å². The van der Waals surface area contributed by atoms with Crippen molar-refractivity contribution in [1.29, 1.82) is 0 Å². The fourth-order valence-corrected chi connectivity index (χ4v) is 1.75. The van der Waals surface area contributed by atoms with Crippen molar-refractivity contribution >= 4 is 17.3 Å². The topological polar surface area (TPSA) is 38.5 Å². The summed E-state index contributed by atoms with van der Waals surface area (Å²) in [6, 6.07) is 3.86. The predicted molar refractivity (Wildman–Crippen MR) is 68.8 cm³/mol. The number of rotatable bonds is 5. The first-order valence-corrected chi connectivity index (χ1v) is 5.64. The van der Waals surface area contributed by atoms with Crippen LogP contribution in [0.2, 0.25) is 5.02 Å². The van der Waals surface area contributed by atoms with Gasteiger partial charge in [-0.3, -0.25) is 4.90 Å². The van der Waals surface area contributed by atoms with Gasteiger partial charge in [-0.1, -0.05) is 11.6 Å². The van der Waals surface area contributed by atoms with E-state index in [2.05, 4.69) is 4.90 Å². The number of nitrogen functional groups attached to an aromatic ring is 1. The Morgan fingerprint density at radius 1 is 1.44 bits per heavy atom. The molecular weight excluding hydrogens is 224 g/mol. The highest BCUT2D eigenvalue weighted by molar-refractivity contribution is 6.31. The maximum atomic E-state index is 6.17. The van der Waals surface area contributed by atoms with Gasteiger partial charge in [0.2, 0.25) is 0 Å². The SMILES string of the molecule is COCCN(C)Cc1cc(N)c(C)cc1Cl. The number of anilines is 1. The second-order valence-electron chi connectivity index (χ2n) is 4.03. The van der Waals surface area contributed by atoms with Crippen LogP contribution in [0.15, 0.2) is 12.1 Å². The molecule has 0 saturated carbocycles. The van der Waals surface area contributed by atoms with E-state index in [1.54, 1.807) is 7.11 Å². The molecule has 0 atom stereocenters. The van der Waals surface area contributed by atoms with Crippen LogP contribution in [0.4, 0.5) is 5.69 Å². The molecule has 4 heteroatoms. The summed E-state index contributed by atoms with van der Waals surface area (Å²) in [6.07, 6.45) is 0. The van der Waals surface area contributed by atoms with Gasteiger partial charge in [-0.15, -0.1) is 0 Å². The quantitative estimate of drug-likeness (QED) is 0.806. The number of hydrogen-bond acceptors (Lipinski definition) is 3. The van der Waals surface area contributed by atoms with E-state index in [-0.39, 0.29) is 0 Å². The maximum absolute atomic E-state index is 6.17. The number of benzene rings is 1. The summed E-state index contributed by atoms with van der Waals surface area (Å²) >= 11 is 6.17. The Bertz CT molecular complexity index is 355. The molecule has 0 radical (unpaired) electrons. The highest BCUT2D eigenvalue weighted by Crippen LogP contribution is 2.23. The first-order chi connectivity index (χ1) is 7.54. The van der Waals surface area contributed by atoms with Crippen molar-refractivity contribution in [2.45, 2.75) is 13.5 Å². The Morgan fingerprint density at radius 3 is 2.75 bits per heavy atom. The zero-order chi connectivity index (χ0) is 12.1. The molecule has 0 aliphatic heterocycles. The van der Waals surface area contributed by atoms with Crippen LogP contribution in [-0.4, -0.2) is 32.2 Å². The normalized spacial score (nSPS) is 11.1. The molecule has 0 amide bonds. The molecule has 0 bridgehead atoms. The van der Waals surface area contributed by atoms with Gasteiger partial charge in [-0.2, -0.15) is 0 Å². The number of hydrogen-bond donors (Lipinski definition) is 1. The van der Waals surface area contributed by atoms with E-state index in [9.17, 15) is 0 Å². The van der Waals surface area contributed by atoms with Gasteiger partial charge in [0.1, 0.15) is 0 Å². The second-order valence-corrected chi connectivity index (χ2v) is 4.44. The molecule has 0 unspecified atom stereocenters. The van der Waals surface area contributed by atoms with E-state index in [4.69, 9.17) is 22.1 Å². The Labute approximate surface area is 102 Å². The summed E-state index contributed by atoms with van der Waals surface area (Å²) in [5.41, 5.74) is 8.74. The Hall–Kier alpha value is -0.770. The van der Waals surface area contributed by atoms with Crippen LogP contribution in [-0.2, 0) is 11.3 Å². The number of halogens is 1. The van der Waals surface area contributed by atoms with Crippen molar-refractivity contribution in [2.24, 2.45) is 0 Å². The molecule has 1 aromatic carbocycles. The molecule has 3 nitrogen and oxygen atoms in total. The van der Waals surface area contributed by atoms with E-state index in [1.165, 1.54) is 0 Å². The number of nitrogens with two attached hydrogens (primary N) is 1. The van der Waals surface area contributed by atoms with E-state index < -0.39 is 0 Å². The lowest BCUT2D eigenvalue weighted by Crippen LogP contribution is -2.22. The minimum atomic E-state index is 0.718. The molecule has 90 valence electrons. The summed E-state index contributed by atoms with van der Waals surface area (Å²) in [6.45, 7) is 4.34. The third-order valence-electron chi connectivity index (χ3n) is 2.55. The van der Waals surface area contributed by atoms with Crippen molar-refractivity contribution in [3.8, 4) is 0 Å². The lowest BCUT2D eigenvalue weighted by molar-refractivity contribution is 0.158. The van der Waals surface area contributed by atoms with Crippen LogP contribution < -0.4 is 5.73 Å². The summed E-state index contributed by atoms with van der Waals surface area (Å²) in [4.78, 5) is 2.15. The van der Waals surface area contributed by atoms with E-state index in [1.807, 2.05) is 26.1 Å². The number of nitrogens with zero attached hydrogens (tertiary/aromatic N) is 1. The van der Waals surface area contributed by atoms with Crippen LogP contribution in [0.1, 0.15) is 11.1 Å². The van der Waals surface area contributed by atoms with E-state index in [0.717, 1.165) is 41.5 Å². The summed E-state index contributed by atoms with van der Waals surface area (Å²) in [5, 5.41) is 0.774. The molecule has 1 aromatic rings. The molecule has 0 aliphatic rings. The summed E-state index contributed by atoms with van der Waals surface area (Å²) in [5.74, 6) is 0. The zero-order valence-electron chi connectivity index (χ0n) is 10.1. The smallest absolute Gasteiger partial charge is 0.0589 e. The molecule has 0 saturated heterocycles. The molecule has 0 spiro atoms. The number of likely N-dealkylation sites (N-methyl/N-ethyl adjacent to an activating group) is 1. The highest BCUT2D eigenvalue weighted by Gasteiger charge is 2.06. The Balaban J connectivity index is 2.69. The summed E-state index contributed by atoms with van der Waals surface area (Å²) < 4.78 is 5.02. The van der Waals surface area contributed by atoms with Gasteiger partial charge in [0.15, 0.2) is 0 Å². The van der Waals surface area contributed by atoms with Gasteiger partial charge < -0.3 is 10.5 Å². The molecule has 2 N–H and O–H groups in total. The van der Waals surface area contributed by atoms with E-state index >= 15 is 0 Å². The standard InChI is InChI=1S/C12H19ClN2O/c1-9-6-11(13)10(7-12(9)14)8-15(2)4-5-16-3/h6-7H,4-5,8,14H2,1-3H3. The maximum Gasteiger partial charge on any atom is 0.0589 e. The van der Waals surface area contributed by atoms with E-state index in [0.29, 0.717) is 0 Å². The minimum Gasteiger partial charge on any atom is -0.399 e. The third kappa shape index (κ3) is 3.67.